The summed E-state index contributed by atoms with van der Waals surface area (Å²) in [4.78, 5) is 16.4. The van der Waals surface area contributed by atoms with Gasteiger partial charge in [-0.25, -0.2) is 4.98 Å². The van der Waals surface area contributed by atoms with Gasteiger partial charge in [0.25, 0.3) is 0 Å². The van der Waals surface area contributed by atoms with E-state index >= 15 is 0 Å². The third-order valence-corrected chi connectivity index (χ3v) is 4.91. The highest BCUT2D eigenvalue weighted by Gasteiger charge is 2.10. The standard InChI is InChI=1S/C22H23BrN2O4/c1-27-18-7-6-15(12-19(18)28-2)10-11-24-21(26)8-9-22-25-14-20(29-22)16-4-3-5-17(23)13-16/h3-7,12-14H,8-11H2,1-2H3,(H,24,26). The summed E-state index contributed by atoms with van der Waals surface area (Å²) in [5.74, 6) is 2.58. The monoisotopic (exact) mass is 458 g/mol. The number of ether oxygens (including phenoxy) is 2. The first-order valence-corrected chi connectivity index (χ1v) is 10.1. The van der Waals surface area contributed by atoms with Gasteiger partial charge in [-0.15, -0.1) is 0 Å². The fourth-order valence-electron chi connectivity index (χ4n) is 2.89. The largest absolute Gasteiger partial charge is 0.493 e. The highest BCUT2D eigenvalue weighted by atomic mass is 79.9. The number of methoxy groups -OCH3 is 2. The molecule has 1 heterocycles. The molecule has 1 aromatic heterocycles. The van der Waals surface area contributed by atoms with Crippen molar-refractivity contribution in [1.29, 1.82) is 0 Å². The molecule has 0 atom stereocenters. The summed E-state index contributed by atoms with van der Waals surface area (Å²) in [7, 11) is 3.21. The smallest absolute Gasteiger partial charge is 0.220 e. The molecule has 0 fully saturated rings. The lowest BCUT2D eigenvalue weighted by Gasteiger charge is -2.10. The van der Waals surface area contributed by atoms with Crippen molar-refractivity contribution in [2.45, 2.75) is 19.3 Å². The summed E-state index contributed by atoms with van der Waals surface area (Å²) in [5.41, 5.74) is 2.01. The number of aromatic nitrogens is 1. The summed E-state index contributed by atoms with van der Waals surface area (Å²) in [6, 6.07) is 13.5. The maximum atomic E-state index is 12.1. The van der Waals surface area contributed by atoms with Crippen LogP contribution in [-0.4, -0.2) is 31.7 Å². The van der Waals surface area contributed by atoms with Gasteiger partial charge >= 0.3 is 0 Å². The fourth-order valence-corrected chi connectivity index (χ4v) is 3.29. The zero-order valence-corrected chi connectivity index (χ0v) is 18.0. The highest BCUT2D eigenvalue weighted by molar-refractivity contribution is 9.10. The lowest BCUT2D eigenvalue weighted by atomic mass is 10.1. The third kappa shape index (κ3) is 5.84. The van der Waals surface area contributed by atoms with Gasteiger partial charge in [-0.3, -0.25) is 4.79 Å². The molecule has 1 amide bonds. The highest BCUT2D eigenvalue weighted by Crippen LogP contribution is 2.27. The minimum Gasteiger partial charge on any atom is -0.493 e. The van der Waals surface area contributed by atoms with Crippen molar-refractivity contribution in [2.24, 2.45) is 0 Å². The summed E-state index contributed by atoms with van der Waals surface area (Å²) in [6.45, 7) is 0.545. The normalized spacial score (nSPS) is 10.6. The number of oxazole rings is 1. The van der Waals surface area contributed by atoms with Crippen molar-refractivity contribution < 1.29 is 18.7 Å². The van der Waals surface area contributed by atoms with Crippen LogP contribution in [-0.2, 0) is 17.6 Å². The van der Waals surface area contributed by atoms with Gasteiger partial charge in [0.1, 0.15) is 0 Å². The van der Waals surface area contributed by atoms with E-state index in [4.69, 9.17) is 13.9 Å². The van der Waals surface area contributed by atoms with Crippen LogP contribution < -0.4 is 14.8 Å². The van der Waals surface area contributed by atoms with Crippen molar-refractivity contribution in [3.8, 4) is 22.8 Å². The Morgan fingerprint density at radius 1 is 1.10 bits per heavy atom. The van der Waals surface area contributed by atoms with E-state index in [1.165, 1.54) is 0 Å². The maximum absolute atomic E-state index is 12.1. The van der Waals surface area contributed by atoms with Crippen molar-refractivity contribution >= 4 is 21.8 Å². The number of carbonyl (C=O) groups is 1. The first-order valence-electron chi connectivity index (χ1n) is 9.27. The Hall–Kier alpha value is -2.80. The minimum absolute atomic E-state index is 0.0346. The number of aryl methyl sites for hydroxylation is 1. The number of hydrogen-bond acceptors (Lipinski definition) is 5. The van der Waals surface area contributed by atoms with E-state index in [9.17, 15) is 4.79 Å². The predicted octanol–water partition coefficient (Wildman–Crippen LogP) is 4.41. The van der Waals surface area contributed by atoms with Crippen molar-refractivity contribution in [1.82, 2.24) is 10.3 Å². The minimum atomic E-state index is -0.0346. The molecule has 29 heavy (non-hydrogen) atoms. The summed E-state index contributed by atoms with van der Waals surface area (Å²) in [6.07, 6.45) is 3.17. The van der Waals surface area contributed by atoms with Crippen molar-refractivity contribution in [2.75, 3.05) is 20.8 Å². The quantitative estimate of drug-likeness (QED) is 0.513. The molecule has 3 aromatic rings. The second-order valence-corrected chi connectivity index (χ2v) is 7.33. The summed E-state index contributed by atoms with van der Waals surface area (Å²) in [5, 5.41) is 2.93. The molecule has 6 nitrogen and oxygen atoms in total. The van der Waals surface area contributed by atoms with E-state index in [0.29, 0.717) is 49.0 Å². The molecule has 0 aliphatic carbocycles. The van der Waals surface area contributed by atoms with Crippen LogP contribution in [0, 0.1) is 0 Å². The molecular formula is C22H23BrN2O4. The van der Waals surface area contributed by atoms with Gasteiger partial charge in [0.15, 0.2) is 23.1 Å². The fraction of sp³-hybridized carbons (Fsp3) is 0.273. The molecule has 152 valence electrons. The Labute approximate surface area is 178 Å². The number of rotatable bonds is 9. The van der Waals surface area contributed by atoms with Crippen LogP contribution in [0.15, 0.2) is 57.6 Å². The Bertz CT molecular complexity index is 971. The van der Waals surface area contributed by atoms with Gasteiger partial charge in [-0.1, -0.05) is 34.1 Å². The number of halogens is 1. The second kappa shape index (κ2) is 10.1. The zero-order valence-electron chi connectivity index (χ0n) is 16.4. The third-order valence-electron chi connectivity index (χ3n) is 4.41. The molecule has 0 spiro atoms. The number of nitrogens with one attached hydrogen (secondary N) is 1. The Balaban J connectivity index is 1.45. The number of carbonyl (C=O) groups excluding carboxylic acids is 1. The molecule has 0 bridgehead atoms. The van der Waals surface area contributed by atoms with Crippen LogP contribution in [0.5, 0.6) is 11.5 Å². The molecule has 2 aromatic carbocycles. The molecule has 1 N–H and O–H groups in total. The maximum Gasteiger partial charge on any atom is 0.220 e. The van der Waals surface area contributed by atoms with E-state index < -0.39 is 0 Å². The Kier molecular flexibility index (Phi) is 7.30. The topological polar surface area (TPSA) is 73.6 Å². The van der Waals surface area contributed by atoms with Crippen LogP contribution >= 0.6 is 15.9 Å². The van der Waals surface area contributed by atoms with Gasteiger partial charge < -0.3 is 19.2 Å². The molecule has 0 aliphatic rings. The van der Waals surface area contributed by atoms with Crippen LogP contribution in [0.25, 0.3) is 11.3 Å². The zero-order chi connectivity index (χ0) is 20.6. The van der Waals surface area contributed by atoms with Gasteiger partial charge in [0.05, 0.1) is 20.4 Å². The first-order chi connectivity index (χ1) is 14.1. The first kappa shape index (κ1) is 20.9. The number of benzene rings is 2. The molecular weight excluding hydrogens is 436 g/mol. The van der Waals surface area contributed by atoms with Gasteiger partial charge in [0, 0.05) is 29.4 Å². The second-order valence-electron chi connectivity index (χ2n) is 6.42. The van der Waals surface area contributed by atoms with E-state index in [2.05, 4.69) is 26.2 Å². The molecule has 0 aliphatic heterocycles. The van der Waals surface area contributed by atoms with Crippen LogP contribution in [0.3, 0.4) is 0 Å². The van der Waals surface area contributed by atoms with Gasteiger partial charge in [-0.05, 0) is 36.2 Å². The van der Waals surface area contributed by atoms with Gasteiger partial charge in [0.2, 0.25) is 5.91 Å². The van der Waals surface area contributed by atoms with Crippen molar-refractivity contribution in [3.05, 3.63) is 64.6 Å². The molecule has 7 heteroatoms. The lowest BCUT2D eigenvalue weighted by molar-refractivity contribution is -0.121. The van der Waals surface area contributed by atoms with Crippen LogP contribution in [0.1, 0.15) is 17.9 Å². The SMILES string of the molecule is COc1ccc(CCNC(=O)CCc2ncc(-c3cccc(Br)c3)o2)cc1OC. The summed E-state index contributed by atoms with van der Waals surface area (Å²) >= 11 is 3.44. The average molecular weight is 459 g/mol. The lowest BCUT2D eigenvalue weighted by Crippen LogP contribution is -2.25. The van der Waals surface area contributed by atoms with Gasteiger partial charge in [-0.2, -0.15) is 0 Å². The van der Waals surface area contributed by atoms with Crippen LogP contribution in [0.2, 0.25) is 0 Å². The van der Waals surface area contributed by atoms with E-state index in [1.807, 2.05) is 42.5 Å². The summed E-state index contributed by atoms with van der Waals surface area (Å²) < 4.78 is 17.3. The van der Waals surface area contributed by atoms with E-state index in [0.717, 1.165) is 15.6 Å². The molecule has 0 saturated carbocycles. The number of amides is 1. The van der Waals surface area contributed by atoms with Crippen LogP contribution in [0.4, 0.5) is 0 Å². The van der Waals surface area contributed by atoms with E-state index in [1.54, 1.807) is 20.4 Å². The number of nitrogens with zero attached hydrogens (tertiary/aromatic N) is 1. The van der Waals surface area contributed by atoms with E-state index in [-0.39, 0.29) is 5.91 Å². The molecule has 0 radical (unpaired) electrons. The Morgan fingerprint density at radius 2 is 1.93 bits per heavy atom. The Morgan fingerprint density at radius 3 is 2.69 bits per heavy atom. The average Bonchev–Trinajstić information content (AvgIpc) is 3.21. The molecule has 0 saturated heterocycles. The predicted molar refractivity (Wildman–Crippen MR) is 114 cm³/mol. The molecule has 3 rings (SSSR count). The van der Waals surface area contributed by atoms with Crippen molar-refractivity contribution in [3.63, 3.8) is 0 Å². The number of hydrogen-bond donors (Lipinski definition) is 1. The molecule has 0 unspecified atom stereocenters.